The molecule has 1 saturated heterocycles. The average molecular weight is 289 g/mol. The third kappa shape index (κ3) is 3.26. The van der Waals surface area contributed by atoms with Crippen molar-refractivity contribution in [3.8, 4) is 0 Å². The number of hydrogen-bond donors (Lipinski definition) is 3. The summed E-state index contributed by atoms with van der Waals surface area (Å²) in [6, 6.07) is 2.09. The van der Waals surface area contributed by atoms with Crippen LogP contribution in [0.3, 0.4) is 0 Å². The molecule has 1 fully saturated rings. The number of carbonyl (C=O) groups is 4. The number of rotatable bonds is 3. The van der Waals surface area contributed by atoms with Crippen molar-refractivity contribution in [2.24, 2.45) is 11.0 Å². The number of pyridine rings is 1. The van der Waals surface area contributed by atoms with Gasteiger partial charge in [0.25, 0.3) is 5.91 Å². The van der Waals surface area contributed by atoms with E-state index in [1.165, 1.54) is 31.5 Å². The first kappa shape index (κ1) is 14.3. The molecule has 1 aliphatic heterocycles. The Morgan fingerprint density at radius 3 is 2.33 bits per heavy atom. The molecule has 9 nitrogen and oxygen atoms in total. The molecule has 0 atom stereocenters. The van der Waals surface area contributed by atoms with Gasteiger partial charge in [-0.1, -0.05) is 0 Å². The van der Waals surface area contributed by atoms with Crippen LogP contribution in [0.4, 0.5) is 4.79 Å². The number of nitrogens with zero attached hydrogens (tertiary/aromatic N) is 2. The Labute approximate surface area is 118 Å². The molecule has 1 aromatic rings. The second kappa shape index (κ2) is 5.90. The molecule has 9 heteroatoms. The van der Waals surface area contributed by atoms with Gasteiger partial charge in [-0.15, -0.1) is 0 Å². The maximum absolute atomic E-state index is 11.7. The van der Waals surface area contributed by atoms with Gasteiger partial charge in [0, 0.05) is 18.0 Å². The molecular formula is C12H11N5O4. The van der Waals surface area contributed by atoms with Crippen LogP contribution in [0.5, 0.6) is 0 Å². The first-order valence-electron chi connectivity index (χ1n) is 5.89. The summed E-state index contributed by atoms with van der Waals surface area (Å²) in [7, 11) is 0. The van der Waals surface area contributed by atoms with E-state index in [1.807, 2.05) is 10.6 Å². The van der Waals surface area contributed by atoms with Gasteiger partial charge in [0.15, 0.2) is 5.92 Å². The molecule has 0 spiro atoms. The lowest BCUT2D eigenvalue weighted by Gasteiger charge is -2.20. The number of urea groups is 1. The van der Waals surface area contributed by atoms with Gasteiger partial charge in [-0.25, -0.2) is 10.2 Å². The number of barbiturate groups is 1. The molecule has 2 heterocycles. The molecule has 0 saturated carbocycles. The van der Waals surface area contributed by atoms with E-state index < -0.39 is 29.7 Å². The maximum atomic E-state index is 11.7. The van der Waals surface area contributed by atoms with E-state index in [0.29, 0.717) is 5.56 Å². The zero-order valence-electron chi connectivity index (χ0n) is 10.9. The molecule has 5 amide bonds. The van der Waals surface area contributed by atoms with Crippen molar-refractivity contribution in [1.29, 1.82) is 0 Å². The Kier molecular flexibility index (Phi) is 4.02. The molecule has 3 N–H and O–H groups in total. The Morgan fingerprint density at radius 1 is 1.19 bits per heavy atom. The first-order valence-corrected chi connectivity index (χ1v) is 5.89. The van der Waals surface area contributed by atoms with Gasteiger partial charge in [0.05, 0.1) is 5.71 Å². The number of carbonyl (C=O) groups excluding carboxylic acids is 4. The zero-order chi connectivity index (χ0) is 15.4. The molecule has 0 unspecified atom stereocenters. The summed E-state index contributed by atoms with van der Waals surface area (Å²) in [6.07, 6.45) is 2.89. The number of aromatic nitrogens is 1. The van der Waals surface area contributed by atoms with Crippen LogP contribution in [0.25, 0.3) is 0 Å². The minimum atomic E-state index is -1.26. The van der Waals surface area contributed by atoms with E-state index >= 15 is 0 Å². The lowest BCUT2D eigenvalue weighted by Crippen LogP contribution is -2.57. The van der Waals surface area contributed by atoms with Gasteiger partial charge < -0.3 is 0 Å². The molecule has 0 bridgehead atoms. The van der Waals surface area contributed by atoms with Crippen molar-refractivity contribution >= 4 is 29.5 Å². The lowest BCUT2D eigenvalue weighted by molar-refractivity contribution is -0.132. The second-order valence-corrected chi connectivity index (χ2v) is 4.17. The summed E-state index contributed by atoms with van der Waals surface area (Å²) in [5.41, 5.74) is 2.61. The summed E-state index contributed by atoms with van der Waals surface area (Å²) < 4.78 is 0. The number of amides is 5. The van der Waals surface area contributed by atoms with Gasteiger partial charge in [-0.3, -0.25) is 30.0 Å². The molecule has 1 aliphatic rings. The minimum absolute atomic E-state index is 0.0555. The van der Waals surface area contributed by atoms with Crippen molar-refractivity contribution in [2.75, 3.05) is 0 Å². The molecular weight excluding hydrogens is 278 g/mol. The molecule has 2 rings (SSSR count). The monoisotopic (exact) mass is 289 g/mol. The largest absolute Gasteiger partial charge is 0.328 e. The lowest BCUT2D eigenvalue weighted by atomic mass is 10.0. The molecule has 108 valence electrons. The van der Waals surface area contributed by atoms with Gasteiger partial charge in [-0.2, -0.15) is 5.10 Å². The van der Waals surface area contributed by atoms with Gasteiger partial charge in [-0.05, 0) is 19.1 Å². The summed E-state index contributed by atoms with van der Waals surface area (Å²) in [4.78, 5) is 49.6. The summed E-state index contributed by atoms with van der Waals surface area (Å²) >= 11 is 0. The summed E-state index contributed by atoms with van der Waals surface area (Å²) in [5, 5.41) is 7.61. The molecule has 1 aromatic heterocycles. The van der Waals surface area contributed by atoms with Gasteiger partial charge in [0.2, 0.25) is 11.8 Å². The highest BCUT2D eigenvalue weighted by Gasteiger charge is 2.36. The smallest absolute Gasteiger partial charge is 0.277 e. The van der Waals surface area contributed by atoms with Gasteiger partial charge in [0.1, 0.15) is 0 Å². The Hall–Kier alpha value is -3.10. The maximum Gasteiger partial charge on any atom is 0.328 e. The Bertz CT molecular complexity index is 620. The Morgan fingerprint density at radius 2 is 1.76 bits per heavy atom. The van der Waals surface area contributed by atoms with E-state index in [2.05, 4.69) is 15.5 Å². The van der Waals surface area contributed by atoms with E-state index in [4.69, 9.17) is 0 Å². The van der Waals surface area contributed by atoms with Crippen LogP contribution in [-0.4, -0.2) is 34.4 Å². The average Bonchev–Trinajstić information content (AvgIpc) is 2.44. The highest BCUT2D eigenvalue weighted by molar-refractivity contribution is 6.27. The van der Waals surface area contributed by atoms with Crippen LogP contribution in [-0.2, 0) is 9.59 Å². The van der Waals surface area contributed by atoms with Crippen molar-refractivity contribution in [2.45, 2.75) is 6.92 Å². The van der Waals surface area contributed by atoms with Crippen molar-refractivity contribution in [3.05, 3.63) is 30.1 Å². The predicted molar refractivity (Wildman–Crippen MR) is 70.0 cm³/mol. The summed E-state index contributed by atoms with van der Waals surface area (Å²) in [6.45, 7) is 1.40. The van der Waals surface area contributed by atoms with E-state index in [-0.39, 0.29) is 5.71 Å². The number of imide groups is 2. The van der Waals surface area contributed by atoms with Crippen molar-refractivity contribution < 1.29 is 19.2 Å². The van der Waals surface area contributed by atoms with E-state index in [0.717, 1.165) is 0 Å². The van der Waals surface area contributed by atoms with Crippen LogP contribution in [0.15, 0.2) is 29.6 Å². The highest BCUT2D eigenvalue weighted by Crippen LogP contribution is 2.05. The number of nitrogens with one attached hydrogen (secondary N) is 3. The Balaban J connectivity index is 2.07. The van der Waals surface area contributed by atoms with E-state index in [1.54, 1.807) is 0 Å². The number of hydrazone groups is 1. The standard InChI is InChI=1S/C12H11N5O4/c1-6(8-10(19)14-12(21)15-11(8)20)16-17-9(18)7-2-4-13-5-3-7/h2-5,8H,1H3,(H,17,18)(H2,14,15,19,20,21)/b16-6+. The van der Waals surface area contributed by atoms with E-state index in [9.17, 15) is 19.2 Å². The van der Waals surface area contributed by atoms with Crippen LogP contribution < -0.4 is 16.1 Å². The fourth-order valence-electron chi connectivity index (χ4n) is 1.67. The third-order valence-corrected chi connectivity index (χ3v) is 2.69. The highest BCUT2D eigenvalue weighted by atomic mass is 16.2. The topological polar surface area (TPSA) is 130 Å². The molecule has 0 aromatic carbocycles. The van der Waals surface area contributed by atoms with Crippen LogP contribution in [0.2, 0.25) is 0 Å². The van der Waals surface area contributed by atoms with Crippen molar-refractivity contribution in [3.63, 3.8) is 0 Å². The fraction of sp³-hybridized carbons (Fsp3) is 0.167. The minimum Gasteiger partial charge on any atom is -0.277 e. The van der Waals surface area contributed by atoms with Crippen LogP contribution >= 0.6 is 0 Å². The van der Waals surface area contributed by atoms with Crippen LogP contribution in [0, 0.1) is 5.92 Å². The second-order valence-electron chi connectivity index (χ2n) is 4.17. The van der Waals surface area contributed by atoms with Gasteiger partial charge >= 0.3 is 6.03 Å². The first-order chi connectivity index (χ1) is 9.99. The SMILES string of the molecule is C/C(=N\NC(=O)c1ccncc1)C1C(=O)NC(=O)NC1=O. The van der Waals surface area contributed by atoms with Crippen LogP contribution in [0.1, 0.15) is 17.3 Å². The quantitative estimate of drug-likeness (QED) is 0.380. The fourth-order valence-corrected chi connectivity index (χ4v) is 1.67. The molecule has 21 heavy (non-hydrogen) atoms. The number of hydrogen-bond acceptors (Lipinski definition) is 6. The third-order valence-electron chi connectivity index (χ3n) is 2.69. The zero-order valence-corrected chi connectivity index (χ0v) is 10.9. The molecule has 0 radical (unpaired) electrons. The normalized spacial score (nSPS) is 16.2. The predicted octanol–water partition coefficient (Wildman–Crippen LogP) is -0.831. The van der Waals surface area contributed by atoms with Crippen molar-refractivity contribution in [1.82, 2.24) is 21.0 Å². The summed E-state index contributed by atoms with van der Waals surface area (Å²) in [5.74, 6) is -3.35. The molecule has 0 aliphatic carbocycles.